The van der Waals surface area contributed by atoms with Crippen LogP contribution >= 0.6 is 0 Å². The van der Waals surface area contributed by atoms with Gasteiger partial charge in [-0.1, -0.05) is 18.2 Å². The van der Waals surface area contributed by atoms with Crippen LogP contribution in [0.4, 0.5) is 8.78 Å². The molecule has 1 unspecified atom stereocenters. The Labute approximate surface area is 110 Å². The van der Waals surface area contributed by atoms with Crippen molar-refractivity contribution in [3.05, 3.63) is 65.2 Å². The van der Waals surface area contributed by atoms with Gasteiger partial charge in [-0.15, -0.1) is 0 Å². The van der Waals surface area contributed by atoms with Crippen LogP contribution in [0.2, 0.25) is 0 Å². The van der Waals surface area contributed by atoms with Gasteiger partial charge in [0.25, 0.3) is 0 Å². The van der Waals surface area contributed by atoms with Crippen LogP contribution in [-0.4, -0.2) is 7.11 Å². The van der Waals surface area contributed by atoms with Gasteiger partial charge in [0.15, 0.2) is 0 Å². The summed E-state index contributed by atoms with van der Waals surface area (Å²) < 4.78 is 31.5. The van der Waals surface area contributed by atoms with Gasteiger partial charge in [0.1, 0.15) is 17.4 Å². The summed E-state index contributed by atoms with van der Waals surface area (Å²) in [6, 6.07) is 10.5. The third-order valence-electron chi connectivity index (χ3n) is 2.98. The summed E-state index contributed by atoms with van der Waals surface area (Å²) in [5, 5.41) is 0. The fourth-order valence-electron chi connectivity index (χ4n) is 1.91. The van der Waals surface area contributed by atoms with Crippen molar-refractivity contribution in [3.8, 4) is 5.75 Å². The molecule has 4 heteroatoms. The molecule has 1 atom stereocenters. The number of ether oxygens (including phenoxy) is 1. The van der Waals surface area contributed by atoms with Crippen LogP contribution in [-0.2, 0) is 6.42 Å². The molecule has 0 bridgehead atoms. The second-order valence-electron chi connectivity index (χ2n) is 4.32. The van der Waals surface area contributed by atoms with E-state index in [2.05, 4.69) is 0 Å². The van der Waals surface area contributed by atoms with E-state index in [1.165, 1.54) is 12.1 Å². The lowest BCUT2D eigenvalue weighted by Crippen LogP contribution is -2.14. The van der Waals surface area contributed by atoms with Gasteiger partial charge in [0.2, 0.25) is 0 Å². The van der Waals surface area contributed by atoms with E-state index >= 15 is 0 Å². The summed E-state index contributed by atoms with van der Waals surface area (Å²) >= 11 is 0. The van der Waals surface area contributed by atoms with Crippen LogP contribution in [0, 0.1) is 11.6 Å². The Hall–Kier alpha value is -1.94. The van der Waals surface area contributed by atoms with Crippen molar-refractivity contribution in [2.24, 2.45) is 5.73 Å². The molecule has 100 valence electrons. The van der Waals surface area contributed by atoms with Crippen molar-refractivity contribution in [1.29, 1.82) is 0 Å². The third kappa shape index (κ3) is 3.29. The van der Waals surface area contributed by atoms with E-state index < -0.39 is 11.6 Å². The normalized spacial score (nSPS) is 12.2. The first-order chi connectivity index (χ1) is 9.10. The van der Waals surface area contributed by atoms with Gasteiger partial charge in [-0.05, 0) is 35.7 Å². The Morgan fingerprint density at radius 1 is 1.16 bits per heavy atom. The zero-order chi connectivity index (χ0) is 13.8. The van der Waals surface area contributed by atoms with Crippen LogP contribution in [0.5, 0.6) is 5.75 Å². The van der Waals surface area contributed by atoms with Gasteiger partial charge < -0.3 is 10.5 Å². The molecule has 2 rings (SSSR count). The molecule has 0 spiro atoms. The number of hydrogen-bond donors (Lipinski definition) is 1. The Bertz CT molecular complexity index is 572. The van der Waals surface area contributed by atoms with Gasteiger partial charge in [0, 0.05) is 12.1 Å². The van der Waals surface area contributed by atoms with Crippen molar-refractivity contribution in [3.63, 3.8) is 0 Å². The van der Waals surface area contributed by atoms with Crippen LogP contribution < -0.4 is 10.5 Å². The predicted molar refractivity (Wildman–Crippen MR) is 70.0 cm³/mol. The second kappa shape index (κ2) is 5.80. The molecule has 0 radical (unpaired) electrons. The quantitative estimate of drug-likeness (QED) is 0.919. The molecule has 0 fully saturated rings. The lowest BCUT2D eigenvalue weighted by atomic mass is 9.99. The van der Waals surface area contributed by atoms with Crippen LogP contribution in [0.1, 0.15) is 17.2 Å². The average Bonchev–Trinajstić information content (AvgIpc) is 2.42. The number of halogens is 2. The molecule has 2 nitrogen and oxygen atoms in total. The lowest BCUT2D eigenvalue weighted by Gasteiger charge is -2.13. The van der Waals surface area contributed by atoms with Gasteiger partial charge in [-0.2, -0.15) is 0 Å². The maximum Gasteiger partial charge on any atom is 0.129 e. The number of methoxy groups -OCH3 is 1. The molecule has 0 aliphatic carbocycles. The first-order valence-electron chi connectivity index (χ1n) is 5.93. The minimum atomic E-state index is -0.587. The van der Waals surface area contributed by atoms with E-state index in [4.69, 9.17) is 10.5 Å². The summed E-state index contributed by atoms with van der Waals surface area (Å²) in [6.07, 6.45) is 0.305. The highest BCUT2D eigenvalue weighted by Crippen LogP contribution is 2.22. The highest BCUT2D eigenvalue weighted by atomic mass is 19.1. The summed E-state index contributed by atoms with van der Waals surface area (Å²) in [5.41, 5.74) is 7.29. The highest BCUT2D eigenvalue weighted by Gasteiger charge is 2.11. The van der Waals surface area contributed by atoms with Crippen molar-refractivity contribution in [1.82, 2.24) is 0 Å². The molecule has 19 heavy (non-hydrogen) atoms. The molecule has 0 aromatic heterocycles. The molecule has 2 aromatic carbocycles. The minimum Gasteiger partial charge on any atom is -0.497 e. The number of benzene rings is 2. The smallest absolute Gasteiger partial charge is 0.129 e. The molecule has 0 heterocycles. The predicted octanol–water partition coefficient (Wildman–Crippen LogP) is 3.22. The monoisotopic (exact) mass is 263 g/mol. The van der Waals surface area contributed by atoms with E-state index in [9.17, 15) is 8.78 Å². The van der Waals surface area contributed by atoms with Crippen LogP contribution in [0.15, 0.2) is 42.5 Å². The second-order valence-corrected chi connectivity index (χ2v) is 4.32. The Kier molecular flexibility index (Phi) is 4.12. The topological polar surface area (TPSA) is 35.2 Å². The highest BCUT2D eigenvalue weighted by molar-refractivity contribution is 5.32. The fourth-order valence-corrected chi connectivity index (χ4v) is 1.91. The first-order valence-corrected chi connectivity index (χ1v) is 5.93. The van der Waals surface area contributed by atoms with Crippen molar-refractivity contribution in [2.45, 2.75) is 12.5 Å². The molecule has 2 aromatic rings. The SMILES string of the molecule is COc1cccc(C(N)Cc2ccc(F)cc2F)c1. The molecular weight excluding hydrogens is 248 g/mol. The van der Waals surface area contributed by atoms with E-state index in [1.807, 2.05) is 24.3 Å². The molecule has 0 saturated heterocycles. The molecular formula is C15H15F2NO. The molecule has 0 aliphatic rings. The van der Waals surface area contributed by atoms with Crippen molar-refractivity contribution < 1.29 is 13.5 Å². The van der Waals surface area contributed by atoms with Crippen LogP contribution in [0.25, 0.3) is 0 Å². The first kappa shape index (κ1) is 13.5. The van der Waals surface area contributed by atoms with E-state index in [1.54, 1.807) is 7.11 Å². The Morgan fingerprint density at radius 2 is 1.95 bits per heavy atom. The fraction of sp³-hybridized carbons (Fsp3) is 0.200. The lowest BCUT2D eigenvalue weighted by molar-refractivity contribution is 0.413. The molecule has 0 aliphatic heterocycles. The molecule has 0 amide bonds. The van der Waals surface area contributed by atoms with E-state index in [0.717, 1.165) is 11.6 Å². The number of nitrogens with two attached hydrogens (primary N) is 1. The maximum absolute atomic E-state index is 13.6. The summed E-state index contributed by atoms with van der Waals surface area (Å²) in [5.74, 6) is -0.456. The standard InChI is InChI=1S/C15H15F2NO/c1-19-13-4-2-3-11(7-13)15(18)8-10-5-6-12(16)9-14(10)17/h2-7,9,15H,8,18H2,1H3. The number of rotatable bonds is 4. The summed E-state index contributed by atoms with van der Waals surface area (Å²) in [6.45, 7) is 0. The van der Waals surface area contributed by atoms with Gasteiger partial charge in [0.05, 0.1) is 7.11 Å². The average molecular weight is 263 g/mol. The largest absolute Gasteiger partial charge is 0.497 e. The Balaban J connectivity index is 2.17. The van der Waals surface area contributed by atoms with Crippen LogP contribution in [0.3, 0.4) is 0 Å². The van der Waals surface area contributed by atoms with E-state index in [0.29, 0.717) is 17.7 Å². The Morgan fingerprint density at radius 3 is 2.63 bits per heavy atom. The zero-order valence-corrected chi connectivity index (χ0v) is 10.6. The maximum atomic E-state index is 13.6. The van der Waals surface area contributed by atoms with Gasteiger partial charge in [-0.25, -0.2) is 8.78 Å². The number of hydrogen-bond acceptors (Lipinski definition) is 2. The summed E-state index contributed by atoms with van der Waals surface area (Å²) in [4.78, 5) is 0. The molecule has 2 N–H and O–H groups in total. The molecule has 0 saturated carbocycles. The third-order valence-corrected chi connectivity index (χ3v) is 2.98. The van der Waals surface area contributed by atoms with Gasteiger partial charge in [-0.3, -0.25) is 0 Å². The summed E-state index contributed by atoms with van der Waals surface area (Å²) in [7, 11) is 1.57. The van der Waals surface area contributed by atoms with Crippen molar-refractivity contribution >= 4 is 0 Å². The van der Waals surface area contributed by atoms with Gasteiger partial charge >= 0.3 is 0 Å². The van der Waals surface area contributed by atoms with E-state index in [-0.39, 0.29) is 6.04 Å². The van der Waals surface area contributed by atoms with Crippen molar-refractivity contribution in [2.75, 3.05) is 7.11 Å². The minimum absolute atomic E-state index is 0.305. The zero-order valence-electron chi connectivity index (χ0n) is 10.6.